The highest BCUT2D eigenvalue weighted by molar-refractivity contribution is 5.17. The number of fused-ring (bicyclic) bond motifs is 1. The van der Waals surface area contributed by atoms with Crippen molar-refractivity contribution in [2.45, 2.75) is 83.3 Å². The molecule has 0 aliphatic heterocycles. The first kappa shape index (κ1) is 21.7. The molecule has 3 nitrogen and oxygen atoms in total. The van der Waals surface area contributed by atoms with Crippen LogP contribution in [0.1, 0.15) is 71.1 Å². The summed E-state index contributed by atoms with van der Waals surface area (Å²) in [6.45, 7) is 3.36. The number of rotatable bonds is 11. The topological polar surface area (TPSA) is 43.7 Å². The van der Waals surface area contributed by atoms with E-state index >= 15 is 0 Å². The minimum atomic E-state index is -0.346. The lowest BCUT2D eigenvalue weighted by Gasteiger charge is -2.17. The zero-order valence-corrected chi connectivity index (χ0v) is 17.2. The van der Waals surface area contributed by atoms with Gasteiger partial charge in [0.05, 0.1) is 12.2 Å². The van der Waals surface area contributed by atoms with Crippen molar-refractivity contribution in [2.75, 3.05) is 20.6 Å². The largest absolute Gasteiger partial charge is 0.392 e. The molecule has 2 aliphatic rings. The zero-order chi connectivity index (χ0) is 18.9. The Morgan fingerprint density at radius 1 is 1.15 bits per heavy atom. The molecule has 0 spiro atoms. The number of aliphatic hydroxyl groups is 2. The van der Waals surface area contributed by atoms with E-state index in [1.54, 1.807) is 5.57 Å². The van der Waals surface area contributed by atoms with Crippen LogP contribution in [0.3, 0.4) is 0 Å². The van der Waals surface area contributed by atoms with E-state index in [1.807, 2.05) is 6.08 Å². The van der Waals surface area contributed by atoms with Gasteiger partial charge in [-0.1, -0.05) is 50.0 Å². The molecule has 5 atom stereocenters. The second kappa shape index (κ2) is 11.3. The van der Waals surface area contributed by atoms with Crippen LogP contribution in [0, 0.1) is 17.8 Å². The van der Waals surface area contributed by atoms with Gasteiger partial charge in [-0.15, -0.1) is 0 Å². The lowest BCUT2D eigenvalue weighted by atomic mass is 9.90. The van der Waals surface area contributed by atoms with Crippen LogP contribution < -0.4 is 0 Å². The summed E-state index contributed by atoms with van der Waals surface area (Å²) in [6, 6.07) is 0. The Balaban J connectivity index is 1.78. The van der Waals surface area contributed by atoms with Crippen LogP contribution >= 0.6 is 0 Å². The van der Waals surface area contributed by atoms with Crippen molar-refractivity contribution in [3.05, 3.63) is 23.8 Å². The molecule has 1 unspecified atom stereocenters. The summed E-state index contributed by atoms with van der Waals surface area (Å²) in [7, 11) is 4.27. The van der Waals surface area contributed by atoms with Gasteiger partial charge in [-0.05, 0) is 77.4 Å². The molecular formula is C23H41NO2. The van der Waals surface area contributed by atoms with E-state index in [0.29, 0.717) is 11.8 Å². The Morgan fingerprint density at radius 3 is 2.69 bits per heavy atom. The molecule has 0 saturated heterocycles. The second-order valence-electron chi connectivity index (χ2n) is 8.82. The minimum absolute atomic E-state index is 0.217. The Labute approximate surface area is 161 Å². The summed E-state index contributed by atoms with van der Waals surface area (Å²) in [4.78, 5) is 2.25. The highest BCUT2D eigenvalue weighted by Gasteiger charge is 2.44. The van der Waals surface area contributed by atoms with Crippen molar-refractivity contribution in [3.8, 4) is 0 Å². The van der Waals surface area contributed by atoms with Gasteiger partial charge >= 0.3 is 0 Å². The van der Waals surface area contributed by atoms with Gasteiger partial charge in [-0.25, -0.2) is 0 Å². The summed E-state index contributed by atoms with van der Waals surface area (Å²) in [5.74, 6) is 1.46. The first-order valence-corrected chi connectivity index (χ1v) is 10.9. The summed E-state index contributed by atoms with van der Waals surface area (Å²) >= 11 is 0. The highest BCUT2D eigenvalue weighted by atomic mass is 16.3. The SMILES string of the molecule is CCCCC[C@H](O)C=C[C@H]1[C@H](O)CC2CC(=CCCCCN(C)C)C[C@@H]21. The molecule has 2 saturated carbocycles. The number of unbranched alkanes of at least 4 members (excludes halogenated alkanes) is 4. The van der Waals surface area contributed by atoms with Crippen molar-refractivity contribution in [1.82, 2.24) is 4.90 Å². The van der Waals surface area contributed by atoms with E-state index in [4.69, 9.17) is 0 Å². The molecule has 0 bridgehead atoms. The molecule has 0 aromatic carbocycles. The first-order chi connectivity index (χ1) is 12.5. The van der Waals surface area contributed by atoms with Gasteiger partial charge in [0.1, 0.15) is 0 Å². The van der Waals surface area contributed by atoms with Crippen molar-refractivity contribution < 1.29 is 10.2 Å². The Kier molecular flexibility index (Phi) is 9.38. The fourth-order valence-corrected chi connectivity index (χ4v) is 4.77. The van der Waals surface area contributed by atoms with Gasteiger partial charge in [0.15, 0.2) is 0 Å². The molecule has 0 heterocycles. The maximum absolute atomic E-state index is 10.4. The molecule has 26 heavy (non-hydrogen) atoms. The summed E-state index contributed by atoms with van der Waals surface area (Å²) in [6.07, 6.45) is 17.3. The molecule has 2 N–H and O–H groups in total. The van der Waals surface area contributed by atoms with Crippen molar-refractivity contribution in [2.24, 2.45) is 17.8 Å². The molecular weight excluding hydrogens is 322 g/mol. The molecule has 3 heteroatoms. The third kappa shape index (κ3) is 6.83. The van der Waals surface area contributed by atoms with E-state index in [9.17, 15) is 10.2 Å². The van der Waals surface area contributed by atoms with Crippen LogP contribution in [0.15, 0.2) is 23.8 Å². The Bertz CT molecular complexity index is 457. The molecule has 0 aromatic heterocycles. The number of aliphatic hydroxyl groups excluding tert-OH is 2. The lowest BCUT2D eigenvalue weighted by Crippen LogP contribution is -2.17. The first-order valence-electron chi connectivity index (χ1n) is 10.9. The number of hydrogen-bond donors (Lipinski definition) is 2. The van der Waals surface area contributed by atoms with E-state index in [-0.39, 0.29) is 18.1 Å². The molecule has 2 fully saturated rings. The summed E-state index contributed by atoms with van der Waals surface area (Å²) in [5.41, 5.74) is 1.61. The standard InChI is InChI=1S/C23H41NO2/c1-4-5-7-11-20(25)12-13-21-22-16-18(15-19(22)17-23(21)26)10-8-6-9-14-24(2)3/h10,12-13,19-23,25-26H,4-9,11,14-17H2,1-3H3/t19?,20-,21+,22-,23+/m0/s1. The van der Waals surface area contributed by atoms with E-state index in [2.05, 4.69) is 38.1 Å². The molecule has 0 aromatic rings. The van der Waals surface area contributed by atoms with Crippen LogP contribution in [0.5, 0.6) is 0 Å². The smallest absolute Gasteiger partial charge is 0.0721 e. The fourth-order valence-electron chi connectivity index (χ4n) is 4.77. The van der Waals surface area contributed by atoms with Crippen LogP contribution in [-0.2, 0) is 0 Å². The fraction of sp³-hybridized carbons (Fsp3) is 0.826. The quantitative estimate of drug-likeness (QED) is 0.418. The van der Waals surface area contributed by atoms with Gasteiger partial charge in [-0.2, -0.15) is 0 Å². The predicted octanol–water partition coefficient (Wildman–Crippen LogP) is 4.55. The average Bonchev–Trinajstić information content (AvgIpc) is 3.09. The van der Waals surface area contributed by atoms with Crippen LogP contribution in [0.25, 0.3) is 0 Å². The molecule has 0 amide bonds. The second-order valence-corrected chi connectivity index (χ2v) is 8.82. The van der Waals surface area contributed by atoms with E-state index < -0.39 is 0 Å². The van der Waals surface area contributed by atoms with Crippen LogP contribution in [-0.4, -0.2) is 48.0 Å². The molecule has 0 radical (unpaired) electrons. The highest BCUT2D eigenvalue weighted by Crippen LogP contribution is 2.50. The third-order valence-corrected chi connectivity index (χ3v) is 6.26. The minimum Gasteiger partial charge on any atom is -0.392 e. The zero-order valence-electron chi connectivity index (χ0n) is 17.2. The summed E-state index contributed by atoms with van der Waals surface area (Å²) in [5, 5.41) is 20.6. The summed E-state index contributed by atoms with van der Waals surface area (Å²) < 4.78 is 0. The van der Waals surface area contributed by atoms with Crippen molar-refractivity contribution in [3.63, 3.8) is 0 Å². The molecule has 150 valence electrons. The third-order valence-electron chi connectivity index (χ3n) is 6.26. The maximum Gasteiger partial charge on any atom is 0.0721 e. The molecule has 2 aliphatic carbocycles. The van der Waals surface area contributed by atoms with Gasteiger partial charge in [0, 0.05) is 5.92 Å². The Morgan fingerprint density at radius 2 is 1.96 bits per heavy atom. The van der Waals surface area contributed by atoms with Crippen molar-refractivity contribution >= 4 is 0 Å². The number of allylic oxidation sites excluding steroid dienone is 2. The van der Waals surface area contributed by atoms with Gasteiger partial charge in [-0.3, -0.25) is 0 Å². The molecule has 2 rings (SSSR count). The maximum atomic E-state index is 10.4. The van der Waals surface area contributed by atoms with Gasteiger partial charge < -0.3 is 15.1 Å². The van der Waals surface area contributed by atoms with Gasteiger partial charge in [0.2, 0.25) is 0 Å². The van der Waals surface area contributed by atoms with Crippen molar-refractivity contribution in [1.29, 1.82) is 0 Å². The Hall–Kier alpha value is -0.640. The van der Waals surface area contributed by atoms with E-state index in [1.165, 1.54) is 45.1 Å². The lowest BCUT2D eigenvalue weighted by molar-refractivity contribution is 0.139. The number of hydrogen-bond acceptors (Lipinski definition) is 3. The van der Waals surface area contributed by atoms with Crippen LogP contribution in [0.4, 0.5) is 0 Å². The monoisotopic (exact) mass is 363 g/mol. The average molecular weight is 364 g/mol. The van der Waals surface area contributed by atoms with Crippen LogP contribution in [0.2, 0.25) is 0 Å². The van der Waals surface area contributed by atoms with Gasteiger partial charge in [0.25, 0.3) is 0 Å². The predicted molar refractivity (Wildman–Crippen MR) is 110 cm³/mol. The van der Waals surface area contributed by atoms with E-state index in [0.717, 1.165) is 25.7 Å². The normalized spacial score (nSPS) is 31.4. The number of nitrogens with zero attached hydrogens (tertiary/aromatic N) is 1.